The molecule has 0 unspecified atom stereocenters. The number of benzene rings is 2. The van der Waals surface area contributed by atoms with Crippen LogP contribution in [0.3, 0.4) is 0 Å². The lowest BCUT2D eigenvalue weighted by Crippen LogP contribution is -2.24. The van der Waals surface area contributed by atoms with Gasteiger partial charge < -0.3 is 19.5 Å². The number of hydrogen-bond acceptors (Lipinski definition) is 6. The van der Waals surface area contributed by atoms with E-state index in [4.69, 9.17) is 25.8 Å². The van der Waals surface area contributed by atoms with Crippen molar-refractivity contribution in [1.82, 2.24) is 0 Å². The van der Waals surface area contributed by atoms with Gasteiger partial charge in [-0.15, -0.1) is 0 Å². The van der Waals surface area contributed by atoms with Crippen molar-refractivity contribution in [3.63, 3.8) is 0 Å². The Morgan fingerprint density at radius 1 is 1.12 bits per heavy atom. The summed E-state index contributed by atoms with van der Waals surface area (Å²) in [6.45, 7) is 1.91. The second-order valence-corrected chi connectivity index (χ2v) is 5.97. The SMILES string of the molecule is COc1ccc(NC2=C(Cl)C(=O)O[C@@H]2OC(=O)c2ccc(C)cc2)cc1. The molecular weight excluding hydrogens is 358 g/mol. The maximum absolute atomic E-state index is 12.3. The second-order valence-electron chi connectivity index (χ2n) is 5.59. The van der Waals surface area contributed by atoms with E-state index in [1.54, 1.807) is 55.6 Å². The first-order valence-corrected chi connectivity index (χ1v) is 8.15. The first kappa shape index (κ1) is 17.8. The van der Waals surface area contributed by atoms with E-state index < -0.39 is 18.2 Å². The van der Waals surface area contributed by atoms with Crippen LogP contribution in [0.1, 0.15) is 15.9 Å². The van der Waals surface area contributed by atoms with Gasteiger partial charge in [0.1, 0.15) is 11.4 Å². The third-order valence-electron chi connectivity index (χ3n) is 3.74. The lowest BCUT2D eigenvalue weighted by atomic mass is 10.1. The minimum atomic E-state index is -1.24. The molecule has 3 rings (SSSR count). The number of hydrogen-bond donors (Lipinski definition) is 1. The molecule has 0 fully saturated rings. The Morgan fingerprint density at radius 2 is 1.77 bits per heavy atom. The highest BCUT2D eigenvalue weighted by Crippen LogP contribution is 2.29. The van der Waals surface area contributed by atoms with Crippen LogP contribution in [0.5, 0.6) is 5.75 Å². The van der Waals surface area contributed by atoms with Crippen molar-refractivity contribution in [3.05, 3.63) is 70.4 Å². The van der Waals surface area contributed by atoms with Gasteiger partial charge in [-0.1, -0.05) is 29.3 Å². The second kappa shape index (κ2) is 7.49. The molecule has 0 aromatic heterocycles. The molecule has 2 aromatic carbocycles. The molecule has 26 heavy (non-hydrogen) atoms. The smallest absolute Gasteiger partial charge is 0.355 e. The minimum absolute atomic E-state index is 0.164. The highest BCUT2D eigenvalue weighted by Gasteiger charge is 2.36. The van der Waals surface area contributed by atoms with Gasteiger partial charge in [-0.05, 0) is 43.3 Å². The summed E-state index contributed by atoms with van der Waals surface area (Å²) in [6.07, 6.45) is -1.24. The minimum Gasteiger partial charge on any atom is -0.497 e. The number of nitrogens with one attached hydrogen (secondary N) is 1. The Hall–Kier alpha value is -2.99. The predicted molar refractivity (Wildman–Crippen MR) is 96.0 cm³/mol. The van der Waals surface area contributed by atoms with Gasteiger partial charge in [-0.2, -0.15) is 0 Å². The Kier molecular flexibility index (Phi) is 5.14. The number of carbonyl (C=O) groups is 2. The van der Waals surface area contributed by atoms with E-state index in [2.05, 4.69) is 5.32 Å². The Labute approximate surface area is 155 Å². The van der Waals surface area contributed by atoms with Gasteiger partial charge in [0.15, 0.2) is 5.03 Å². The van der Waals surface area contributed by atoms with Crippen molar-refractivity contribution < 1.29 is 23.8 Å². The number of esters is 2. The monoisotopic (exact) mass is 373 g/mol. The van der Waals surface area contributed by atoms with Crippen LogP contribution < -0.4 is 10.1 Å². The molecule has 1 aliphatic heterocycles. The highest BCUT2D eigenvalue weighted by atomic mass is 35.5. The zero-order valence-electron chi connectivity index (χ0n) is 14.1. The molecule has 1 aliphatic rings. The lowest BCUT2D eigenvalue weighted by molar-refractivity contribution is -0.152. The third kappa shape index (κ3) is 3.81. The summed E-state index contributed by atoms with van der Waals surface area (Å²) >= 11 is 6.01. The molecule has 2 aromatic rings. The van der Waals surface area contributed by atoms with Gasteiger partial charge in [-0.25, -0.2) is 9.59 Å². The van der Waals surface area contributed by atoms with E-state index in [0.717, 1.165) is 5.56 Å². The fraction of sp³-hybridized carbons (Fsp3) is 0.158. The van der Waals surface area contributed by atoms with E-state index in [0.29, 0.717) is 17.0 Å². The molecule has 0 spiro atoms. The van der Waals surface area contributed by atoms with Crippen LogP contribution in [0.4, 0.5) is 5.69 Å². The zero-order chi connectivity index (χ0) is 18.7. The number of ether oxygens (including phenoxy) is 3. The molecule has 0 saturated carbocycles. The number of halogens is 1. The van der Waals surface area contributed by atoms with Crippen molar-refractivity contribution >= 4 is 29.2 Å². The van der Waals surface area contributed by atoms with Crippen LogP contribution >= 0.6 is 11.6 Å². The molecule has 1 atom stereocenters. The van der Waals surface area contributed by atoms with Crippen LogP contribution in [0.15, 0.2) is 59.3 Å². The van der Waals surface area contributed by atoms with Crippen LogP contribution in [-0.2, 0) is 14.3 Å². The topological polar surface area (TPSA) is 73.9 Å². The zero-order valence-corrected chi connectivity index (χ0v) is 14.9. The maximum Gasteiger partial charge on any atom is 0.355 e. The summed E-state index contributed by atoms with van der Waals surface area (Å²) in [5, 5.41) is 2.79. The van der Waals surface area contributed by atoms with Crippen molar-refractivity contribution in [2.45, 2.75) is 13.2 Å². The van der Waals surface area contributed by atoms with E-state index >= 15 is 0 Å². The van der Waals surface area contributed by atoms with Crippen molar-refractivity contribution in [2.75, 3.05) is 12.4 Å². The molecule has 0 amide bonds. The van der Waals surface area contributed by atoms with Crippen molar-refractivity contribution in [3.8, 4) is 5.75 Å². The van der Waals surface area contributed by atoms with E-state index in [-0.39, 0.29) is 10.7 Å². The number of anilines is 1. The number of carbonyl (C=O) groups excluding carboxylic acids is 2. The van der Waals surface area contributed by atoms with E-state index in [1.165, 1.54) is 0 Å². The molecule has 7 heteroatoms. The molecule has 0 saturated heterocycles. The van der Waals surface area contributed by atoms with Gasteiger partial charge in [-0.3, -0.25) is 0 Å². The average molecular weight is 374 g/mol. The maximum atomic E-state index is 12.3. The standard InChI is InChI=1S/C19H16ClNO5/c1-11-3-5-12(6-4-11)17(22)25-19-16(15(20)18(23)26-19)21-13-7-9-14(24-2)10-8-13/h3-10,19,21H,1-2H3/t19-/m0/s1. The lowest BCUT2D eigenvalue weighted by Gasteiger charge is -2.16. The average Bonchev–Trinajstić information content (AvgIpc) is 2.90. The summed E-state index contributed by atoms with van der Waals surface area (Å²) < 4.78 is 15.4. The summed E-state index contributed by atoms with van der Waals surface area (Å²) in [6, 6.07) is 13.8. The summed E-state index contributed by atoms with van der Waals surface area (Å²) in [5.41, 5.74) is 2.16. The van der Waals surface area contributed by atoms with Crippen LogP contribution in [-0.4, -0.2) is 25.3 Å². The molecular formula is C19H16ClNO5. The molecule has 134 valence electrons. The first-order chi connectivity index (χ1) is 12.5. The summed E-state index contributed by atoms with van der Waals surface area (Å²) in [7, 11) is 1.56. The number of aryl methyl sites for hydroxylation is 1. The van der Waals surface area contributed by atoms with Crippen LogP contribution in [0, 0.1) is 6.92 Å². The third-order valence-corrected chi connectivity index (χ3v) is 4.09. The van der Waals surface area contributed by atoms with E-state index in [9.17, 15) is 9.59 Å². The van der Waals surface area contributed by atoms with Gasteiger partial charge in [0.25, 0.3) is 6.29 Å². The number of rotatable bonds is 5. The first-order valence-electron chi connectivity index (χ1n) is 7.77. The quantitative estimate of drug-likeness (QED) is 0.807. The van der Waals surface area contributed by atoms with E-state index in [1.807, 2.05) is 6.92 Å². The van der Waals surface area contributed by atoms with Gasteiger partial charge in [0.05, 0.1) is 12.7 Å². The normalized spacial score (nSPS) is 16.3. The van der Waals surface area contributed by atoms with Crippen LogP contribution in [0.2, 0.25) is 0 Å². The van der Waals surface area contributed by atoms with Crippen molar-refractivity contribution in [1.29, 1.82) is 0 Å². The van der Waals surface area contributed by atoms with Crippen molar-refractivity contribution in [2.24, 2.45) is 0 Å². The molecule has 6 nitrogen and oxygen atoms in total. The highest BCUT2D eigenvalue weighted by molar-refractivity contribution is 6.42. The Bertz CT molecular complexity index is 859. The number of cyclic esters (lactones) is 1. The summed E-state index contributed by atoms with van der Waals surface area (Å²) in [5.74, 6) is -0.704. The Morgan fingerprint density at radius 3 is 2.38 bits per heavy atom. The fourth-order valence-electron chi connectivity index (χ4n) is 2.30. The predicted octanol–water partition coefficient (Wildman–Crippen LogP) is 3.61. The summed E-state index contributed by atoms with van der Waals surface area (Å²) in [4.78, 5) is 24.1. The fourth-order valence-corrected chi connectivity index (χ4v) is 2.48. The molecule has 0 aliphatic carbocycles. The Balaban J connectivity index is 1.76. The largest absolute Gasteiger partial charge is 0.497 e. The number of methoxy groups -OCH3 is 1. The van der Waals surface area contributed by atoms with Gasteiger partial charge in [0, 0.05) is 5.69 Å². The van der Waals surface area contributed by atoms with Crippen LogP contribution in [0.25, 0.3) is 0 Å². The molecule has 1 N–H and O–H groups in total. The molecule has 0 bridgehead atoms. The van der Waals surface area contributed by atoms with Gasteiger partial charge >= 0.3 is 11.9 Å². The molecule has 1 heterocycles. The molecule has 0 radical (unpaired) electrons. The van der Waals surface area contributed by atoms with Gasteiger partial charge in [0.2, 0.25) is 0 Å².